The highest BCUT2D eigenvalue weighted by molar-refractivity contribution is 5.93. The minimum absolute atomic E-state index is 0.133. The van der Waals surface area contributed by atoms with Crippen molar-refractivity contribution >= 4 is 39.3 Å². The van der Waals surface area contributed by atoms with E-state index in [9.17, 15) is 9.59 Å². The number of ether oxygens (including phenoxy) is 1. The van der Waals surface area contributed by atoms with E-state index in [1.807, 2.05) is 66.7 Å². The van der Waals surface area contributed by atoms with Crippen molar-refractivity contribution in [1.29, 1.82) is 5.41 Å². The molecule has 0 aliphatic carbocycles. The molecule has 0 unspecified atom stereocenters. The number of methoxy groups -OCH3 is 1. The van der Waals surface area contributed by atoms with Gasteiger partial charge in [0, 0.05) is 26.0 Å². The number of rotatable bonds is 15. The minimum atomic E-state index is -0.785. The Balaban J connectivity index is 1.42. The Morgan fingerprint density at radius 1 is 0.766 bits per heavy atom. The summed E-state index contributed by atoms with van der Waals surface area (Å²) in [5.74, 6) is -0.881. The monoisotopic (exact) mass is 629 g/mol. The first kappa shape index (κ1) is 33.2. The van der Waals surface area contributed by atoms with Crippen molar-refractivity contribution < 1.29 is 14.3 Å². The number of hydrogen-bond donors (Lipinski definition) is 5. The van der Waals surface area contributed by atoms with Crippen LogP contribution in [-0.4, -0.2) is 50.1 Å². The maximum absolute atomic E-state index is 14.0. The molecule has 0 fully saturated rings. The van der Waals surface area contributed by atoms with E-state index in [4.69, 9.17) is 15.9 Å². The zero-order chi connectivity index (χ0) is 33.0. The molecule has 2 atom stereocenters. The maximum atomic E-state index is 14.0. The van der Waals surface area contributed by atoms with Crippen molar-refractivity contribution in [2.24, 2.45) is 5.73 Å². The first-order valence-corrected chi connectivity index (χ1v) is 16.1. The lowest BCUT2D eigenvalue weighted by Gasteiger charge is -2.25. The van der Waals surface area contributed by atoms with Crippen LogP contribution in [0.1, 0.15) is 41.9 Å². The third-order valence-corrected chi connectivity index (χ3v) is 8.46. The second-order valence-electron chi connectivity index (χ2n) is 11.8. The fourth-order valence-electron chi connectivity index (χ4n) is 6.29. The summed E-state index contributed by atoms with van der Waals surface area (Å²) in [5.41, 5.74) is 8.67. The molecule has 242 valence electrons. The van der Waals surface area contributed by atoms with Crippen LogP contribution in [0.5, 0.6) is 0 Å². The average molecular weight is 630 g/mol. The highest BCUT2D eigenvalue weighted by Crippen LogP contribution is 2.37. The lowest BCUT2D eigenvalue weighted by molar-refractivity contribution is -0.130. The third kappa shape index (κ3) is 8.95. The van der Waals surface area contributed by atoms with Gasteiger partial charge < -0.3 is 26.4 Å². The Morgan fingerprint density at radius 2 is 1.34 bits per heavy atom. The van der Waals surface area contributed by atoms with Crippen LogP contribution in [-0.2, 0) is 20.7 Å². The minimum Gasteiger partial charge on any atom is -0.383 e. The van der Waals surface area contributed by atoms with Crippen LogP contribution in [0, 0.1) is 5.41 Å². The van der Waals surface area contributed by atoms with Crippen LogP contribution in [0.2, 0.25) is 0 Å². The van der Waals surface area contributed by atoms with Gasteiger partial charge in [-0.2, -0.15) is 0 Å². The summed E-state index contributed by atoms with van der Waals surface area (Å²) in [6, 6.07) is 37.7. The van der Waals surface area contributed by atoms with Crippen molar-refractivity contribution in [1.82, 2.24) is 16.0 Å². The lowest BCUT2D eigenvalue weighted by Crippen LogP contribution is -2.51. The van der Waals surface area contributed by atoms with E-state index in [2.05, 4.69) is 64.5 Å². The quantitative estimate of drug-likeness (QED) is 0.0582. The highest BCUT2D eigenvalue weighted by atomic mass is 16.5. The summed E-state index contributed by atoms with van der Waals surface area (Å²) in [6.45, 7) is 0.743. The molecule has 0 saturated heterocycles. The van der Waals surface area contributed by atoms with E-state index in [1.165, 1.54) is 0 Å². The van der Waals surface area contributed by atoms with Crippen LogP contribution >= 0.6 is 0 Å². The summed E-state index contributed by atoms with van der Waals surface area (Å²) in [7, 11) is 1.61. The Kier molecular flexibility index (Phi) is 11.6. The van der Waals surface area contributed by atoms with Gasteiger partial charge in [-0.15, -0.1) is 0 Å². The van der Waals surface area contributed by atoms with Crippen molar-refractivity contribution in [2.45, 2.75) is 43.7 Å². The molecule has 5 aromatic carbocycles. The van der Waals surface area contributed by atoms with Gasteiger partial charge in [0.2, 0.25) is 11.8 Å². The molecule has 0 aliphatic rings. The number of fused-ring (bicyclic) bond motifs is 2. The van der Waals surface area contributed by atoms with Gasteiger partial charge in [0.1, 0.15) is 6.04 Å². The van der Waals surface area contributed by atoms with Gasteiger partial charge in [0.05, 0.1) is 12.6 Å². The van der Waals surface area contributed by atoms with Gasteiger partial charge in [-0.1, -0.05) is 115 Å². The second kappa shape index (κ2) is 16.4. The molecule has 0 heterocycles. The largest absolute Gasteiger partial charge is 0.383 e. The summed E-state index contributed by atoms with van der Waals surface area (Å²) in [4.78, 5) is 27.8. The van der Waals surface area contributed by atoms with Crippen LogP contribution in [0.15, 0.2) is 115 Å². The molecule has 47 heavy (non-hydrogen) atoms. The molecule has 8 nitrogen and oxygen atoms in total. The van der Waals surface area contributed by atoms with Gasteiger partial charge in [-0.3, -0.25) is 15.0 Å². The number of hydrogen-bond acceptors (Lipinski definition) is 4. The summed E-state index contributed by atoms with van der Waals surface area (Å²) >= 11 is 0. The fraction of sp³-hybridized carbons (Fsp3) is 0.256. The molecule has 5 rings (SSSR count). The Bertz CT molecular complexity index is 1720. The predicted octanol–water partition coefficient (Wildman–Crippen LogP) is 5.64. The maximum Gasteiger partial charge on any atom is 0.242 e. The van der Waals surface area contributed by atoms with Gasteiger partial charge in [-0.05, 0) is 57.5 Å². The van der Waals surface area contributed by atoms with Crippen LogP contribution in [0.25, 0.3) is 21.5 Å². The molecule has 0 saturated carbocycles. The van der Waals surface area contributed by atoms with Crippen LogP contribution < -0.4 is 21.7 Å². The van der Waals surface area contributed by atoms with Crippen molar-refractivity contribution in [3.63, 3.8) is 0 Å². The van der Waals surface area contributed by atoms with Crippen molar-refractivity contribution in [2.75, 3.05) is 20.3 Å². The van der Waals surface area contributed by atoms with E-state index in [0.717, 1.165) is 38.2 Å². The van der Waals surface area contributed by atoms with Gasteiger partial charge in [0.25, 0.3) is 0 Å². The Labute approximate surface area is 276 Å². The SMILES string of the molecule is COC[C@H](Cc1ccccc1)NC(=O)[C@@H](CCCNC(=N)N)NC(=O)CC(c1cccc2ccccc12)c1cccc2ccccc12. The van der Waals surface area contributed by atoms with Crippen molar-refractivity contribution in [3.05, 3.63) is 132 Å². The summed E-state index contributed by atoms with van der Waals surface area (Å²) in [6.07, 6.45) is 1.65. The highest BCUT2D eigenvalue weighted by Gasteiger charge is 2.27. The predicted molar refractivity (Wildman–Crippen MR) is 189 cm³/mol. The normalized spacial score (nSPS) is 12.5. The number of nitrogens with one attached hydrogen (secondary N) is 4. The zero-order valence-electron chi connectivity index (χ0n) is 26.7. The van der Waals surface area contributed by atoms with E-state index < -0.39 is 6.04 Å². The van der Waals surface area contributed by atoms with Crippen molar-refractivity contribution in [3.8, 4) is 0 Å². The van der Waals surface area contributed by atoms with E-state index in [0.29, 0.717) is 32.4 Å². The smallest absolute Gasteiger partial charge is 0.242 e. The Hall–Kier alpha value is -5.21. The number of nitrogens with two attached hydrogens (primary N) is 1. The summed E-state index contributed by atoms with van der Waals surface area (Å²) in [5, 5.41) is 20.9. The fourth-order valence-corrected chi connectivity index (χ4v) is 6.29. The standard InChI is InChI=1S/C39H43N5O3/c1-47-26-30(24-27-12-3-2-4-13-27)43-38(46)36(22-11-23-42-39(40)41)44-37(45)25-35(33-20-9-16-28-14-5-7-18-31(28)33)34-21-10-17-29-15-6-8-19-32(29)34/h2-10,12-21,30,35-36H,11,22-26H2,1H3,(H,43,46)(H,44,45)(H4,40,41,42)/t30-,36+/m0/s1. The third-order valence-electron chi connectivity index (χ3n) is 8.46. The lowest BCUT2D eigenvalue weighted by atomic mass is 9.83. The number of carbonyl (C=O) groups excluding carboxylic acids is 2. The molecule has 0 bridgehead atoms. The summed E-state index contributed by atoms with van der Waals surface area (Å²) < 4.78 is 5.43. The average Bonchev–Trinajstić information content (AvgIpc) is 3.08. The first-order valence-electron chi connectivity index (χ1n) is 16.1. The van der Waals surface area contributed by atoms with E-state index in [1.54, 1.807) is 7.11 Å². The molecule has 8 heteroatoms. The molecule has 6 N–H and O–H groups in total. The number of benzene rings is 5. The molecule has 0 aliphatic heterocycles. The number of carbonyl (C=O) groups is 2. The molecule has 2 amide bonds. The number of guanidine groups is 1. The molecule has 5 aromatic rings. The first-order chi connectivity index (χ1) is 22.9. The van der Waals surface area contributed by atoms with Gasteiger partial charge >= 0.3 is 0 Å². The second-order valence-corrected chi connectivity index (χ2v) is 11.8. The van der Waals surface area contributed by atoms with Gasteiger partial charge in [0.15, 0.2) is 5.96 Å². The van der Waals surface area contributed by atoms with E-state index >= 15 is 0 Å². The van der Waals surface area contributed by atoms with Crippen LogP contribution in [0.4, 0.5) is 0 Å². The molecule has 0 spiro atoms. The molecular formula is C39H43N5O3. The Morgan fingerprint density at radius 3 is 1.94 bits per heavy atom. The topological polar surface area (TPSA) is 129 Å². The van der Waals surface area contributed by atoms with Gasteiger partial charge in [-0.25, -0.2) is 0 Å². The molecule has 0 radical (unpaired) electrons. The van der Waals surface area contributed by atoms with Crippen LogP contribution in [0.3, 0.4) is 0 Å². The molecular weight excluding hydrogens is 586 g/mol. The number of amides is 2. The molecule has 0 aromatic heterocycles. The van der Waals surface area contributed by atoms with E-state index in [-0.39, 0.29) is 36.2 Å². The zero-order valence-corrected chi connectivity index (χ0v) is 26.7.